The zero-order valence-electron chi connectivity index (χ0n) is 17.6. The molecule has 0 saturated heterocycles. The van der Waals surface area contributed by atoms with E-state index < -0.39 is 5.63 Å². The Morgan fingerprint density at radius 1 is 0.906 bits per heavy atom. The molecule has 1 heterocycles. The number of aromatic nitrogens is 1. The van der Waals surface area contributed by atoms with Crippen LogP contribution in [0, 0.1) is 6.92 Å². The summed E-state index contributed by atoms with van der Waals surface area (Å²) in [5.41, 5.74) is 2.93. The van der Waals surface area contributed by atoms with Gasteiger partial charge in [-0.2, -0.15) is 0 Å². The van der Waals surface area contributed by atoms with Crippen LogP contribution in [-0.4, -0.2) is 16.8 Å². The fourth-order valence-corrected chi connectivity index (χ4v) is 3.41. The van der Waals surface area contributed by atoms with Crippen molar-refractivity contribution in [3.05, 3.63) is 106 Å². The third-order valence-electron chi connectivity index (χ3n) is 5.09. The number of Topliss-reactive ketones (excluding diaryl/α,β-unsaturated/α-hetero) is 1. The Balaban J connectivity index is 1.76. The highest BCUT2D eigenvalue weighted by Crippen LogP contribution is 2.24. The quantitative estimate of drug-likeness (QED) is 0.280. The molecular weight excluding hydrogens is 404 g/mol. The van der Waals surface area contributed by atoms with E-state index in [0.29, 0.717) is 38.9 Å². The number of rotatable bonds is 5. The lowest BCUT2D eigenvalue weighted by Gasteiger charge is -2.12. The van der Waals surface area contributed by atoms with Gasteiger partial charge in [0.05, 0.1) is 11.1 Å². The van der Waals surface area contributed by atoms with E-state index in [-0.39, 0.29) is 11.7 Å². The van der Waals surface area contributed by atoms with Gasteiger partial charge in [-0.3, -0.25) is 9.59 Å². The number of hydrogen-bond acceptors (Lipinski definition) is 5. The highest BCUT2D eigenvalue weighted by atomic mass is 16.5. The van der Waals surface area contributed by atoms with Crippen LogP contribution in [0.1, 0.15) is 34.1 Å². The SMILES string of the molecule is CC(=O)c1cccc(/C(=C\c2ccccc2)C(=O)Nc2ccc3c(=O)onc(C)c3c2)c1. The van der Waals surface area contributed by atoms with E-state index in [1.165, 1.54) is 6.92 Å². The number of carbonyl (C=O) groups excluding carboxylic acids is 2. The number of nitrogens with zero attached hydrogens (tertiary/aromatic N) is 1. The van der Waals surface area contributed by atoms with E-state index in [1.807, 2.05) is 30.3 Å². The molecule has 0 fully saturated rings. The van der Waals surface area contributed by atoms with Crippen LogP contribution in [0.5, 0.6) is 0 Å². The van der Waals surface area contributed by atoms with E-state index in [9.17, 15) is 14.4 Å². The van der Waals surface area contributed by atoms with Gasteiger partial charge in [0.2, 0.25) is 0 Å². The third kappa shape index (κ3) is 4.39. The summed E-state index contributed by atoms with van der Waals surface area (Å²) in [4.78, 5) is 37.1. The van der Waals surface area contributed by atoms with Crippen LogP contribution in [0.2, 0.25) is 0 Å². The first-order valence-corrected chi connectivity index (χ1v) is 10.0. The first kappa shape index (κ1) is 20.9. The molecule has 4 rings (SSSR count). The lowest BCUT2D eigenvalue weighted by molar-refractivity contribution is -0.111. The first-order valence-electron chi connectivity index (χ1n) is 10.0. The predicted molar refractivity (Wildman–Crippen MR) is 124 cm³/mol. The fraction of sp³-hybridized carbons (Fsp3) is 0.0769. The number of hydrogen-bond donors (Lipinski definition) is 1. The summed E-state index contributed by atoms with van der Waals surface area (Å²) in [7, 11) is 0. The summed E-state index contributed by atoms with van der Waals surface area (Å²) < 4.78 is 4.76. The molecule has 0 unspecified atom stereocenters. The molecule has 0 radical (unpaired) electrons. The molecule has 0 bridgehead atoms. The zero-order valence-corrected chi connectivity index (χ0v) is 17.6. The van der Waals surface area contributed by atoms with Crippen molar-refractivity contribution in [3.63, 3.8) is 0 Å². The number of aryl methyl sites for hydroxylation is 1. The zero-order chi connectivity index (χ0) is 22.7. The van der Waals surface area contributed by atoms with Gasteiger partial charge in [-0.15, -0.1) is 0 Å². The number of ketones is 1. The average molecular weight is 424 g/mol. The molecule has 158 valence electrons. The average Bonchev–Trinajstić information content (AvgIpc) is 2.80. The Kier molecular flexibility index (Phi) is 5.77. The number of fused-ring (bicyclic) bond motifs is 1. The molecule has 32 heavy (non-hydrogen) atoms. The Bertz CT molecular complexity index is 1420. The Hall–Kier alpha value is -4.32. The van der Waals surface area contributed by atoms with E-state index >= 15 is 0 Å². The summed E-state index contributed by atoms with van der Waals surface area (Å²) in [5.74, 6) is -0.426. The number of benzene rings is 3. The maximum Gasteiger partial charge on any atom is 0.366 e. The van der Waals surface area contributed by atoms with Gasteiger partial charge < -0.3 is 9.84 Å². The number of anilines is 1. The minimum Gasteiger partial charge on any atom is -0.322 e. The molecule has 0 aliphatic rings. The smallest absolute Gasteiger partial charge is 0.322 e. The Morgan fingerprint density at radius 3 is 2.41 bits per heavy atom. The molecule has 1 amide bonds. The Labute approximate surface area is 184 Å². The highest BCUT2D eigenvalue weighted by molar-refractivity contribution is 6.29. The van der Waals surface area contributed by atoms with E-state index in [0.717, 1.165) is 5.56 Å². The second-order valence-electron chi connectivity index (χ2n) is 7.38. The van der Waals surface area contributed by atoms with Crippen LogP contribution < -0.4 is 10.9 Å². The molecule has 3 aromatic carbocycles. The van der Waals surface area contributed by atoms with Crippen LogP contribution in [0.3, 0.4) is 0 Å². The van der Waals surface area contributed by atoms with Crippen molar-refractivity contribution in [2.45, 2.75) is 13.8 Å². The predicted octanol–water partition coefficient (Wildman–Crippen LogP) is 4.88. The topological polar surface area (TPSA) is 89.3 Å². The second-order valence-corrected chi connectivity index (χ2v) is 7.38. The van der Waals surface area contributed by atoms with E-state index in [4.69, 9.17) is 4.52 Å². The molecule has 0 atom stereocenters. The summed E-state index contributed by atoms with van der Waals surface area (Å²) in [6.07, 6.45) is 1.77. The molecule has 0 spiro atoms. The molecule has 6 heteroatoms. The molecule has 0 aliphatic heterocycles. The minimum atomic E-state index is -0.533. The van der Waals surface area contributed by atoms with Crippen LogP contribution in [0.4, 0.5) is 5.69 Å². The normalized spacial score (nSPS) is 11.4. The van der Waals surface area contributed by atoms with Gasteiger partial charge in [-0.1, -0.05) is 53.7 Å². The molecule has 4 aromatic rings. The molecular formula is C26H20N2O4. The van der Waals surface area contributed by atoms with Crippen molar-refractivity contribution < 1.29 is 14.1 Å². The van der Waals surface area contributed by atoms with Crippen LogP contribution in [0.25, 0.3) is 22.4 Å². The molecule has 6 nitrogen and oxygen atoms in total. The fourth-order valence-electron chi connectivity index (χ4n) is 3.41. The van der Waals surface area contributed by atoms with Gasteiger partial charge >= 0.3 is 5.63 Å². The summed E-state index contributed by atoms with van der Waals surface area (Å²) in [6, 6.07) is 21.4. The van der Waals surface area contributed by atoms with Gasteiger partial charge in [0, 0.05) is 22.2 Å². The van der Waals surface area contributed by atoms with Crippen molar-refractivity contribution in [2.75, 3.05) is 5.32 Å². The van der Waals surface area contributed by atoms with Crippen molar-refractivity contribution in [1.29, 1.82) is 0 Å². The number of amides is 1. The van der Waals surface area contributed by atoms with Gasteiger partial charge in [0.15, 0.2) is 5.78 Å². The summed E-state index contributed by atoms with van der Waals surface area (Å²) in [6.45, 7) is 3.21. The standard InChI is InChI=1S/C26H20N2O4/c1-16-23-15-21(11-12-22(23)26(31)32-28-16)27-25(30)24(13-18-7-4-3-5-8-18)20-10-6-9-19(14-20)17(2)29/h3-15H,1-2H3,(H,27,30)/b24-13+. The monoisotopic (exact) mass is 424 g/mol. The minimum absolute atomic E-state index is 0.0809. The van der Waals surface area contributed by atoms with Crippen molar-refractivity contribution in [3.8, 4) is 0 Å². The molecule has 1 N–H and O–H groups in total. The lowest BCUT2D eigenvalue weighted by Crippen LogP contribution is -2.14. The van der Waals surface area contributed by atoms with Crippen LogP contribution >= 0.6 is 0 Å². The maximum absolute atomic E-state index is 13.3. The molecule has 1 aromatic heterocycles. The Morgan fingerprint density at radius 2 is 1.66 bits per heavy atom. The number of nitrogens with one attached hydrogen (secondary N) is 1. The summed E-state index contributed by atoms with van der Waals surface area (Å²) in [5, 5.41) is 7.64. The van der Waals surface area contributed by atoms with Gasteiger partial charge in [-0.25, -0.2) is 4.79 Å². The van der Waals surface area contributed by atoms with E-state index in [1.54, 1.807) is 55.5 Å². The third-order valence-corrected chi connectivity index (χ3v) is 5.09. The van der Waals surface area contributed by atoms with Crippen LogP contribution in [-0.2, 0) is 4.79 Å². The van der Waals surface area contributed by atoms with Crippen molar-refractivity contribution >= 4 is 39.8 Å². The van der Waals surface area contributed by atoms with Crippen LogP contribution in [0.15, 0.2) is 82.1 Å². The van der Waals surface area contributed by atoms with Gasteiger partial charge in [-0.05, 0) is 55.3 Å². The van der Waals surface area contributed by atoms with Crippen molar-refractivity contribution in [2.24, 2.45) is 0 Å². The molecule has 0 aliphatic carbocycles. The van der Waals surface area contributed by atoms with Gasteiger partial charge in [0.25, 0.3) is 5.91 Å². The van der Waals surface area contributed by atoms with E-state index in [2.05, 4.69) is 10.5 Å². The second kappa shape index (κ2) is 8.81. The summed E-state index contributed by atoms with van der Waals surface area (Å²) >= 11 is 0. The first-order chi connectivity index (χ1) is 15.4. The highest BCUT2D eigenvalue weighted by Gasteiger charge is 2.15. The van der Waals surface area contributed by atoms with Crippen molar-refractivity contribution in [1.82, 2.24) is 5.16 Å². The number of carbonyl (C=O) groups is 2. The lowest BCUT2D eigenvalue weighted by atomic mass is 9.98. The largest absolute Gasteiger partial charge is 0.366 e. The van der Waals surface area contributed by atoms with Gasteiger partial charge in [0.1, 0.15) is 0 Å². The molecule has 0 saturated carbocycles. The maximum atomic E-state index is 13.3.